The number of carboxylic acid groups (broad SMARTS) is 1. The number of carboxylic acids is 1. The molecule has 0 aliphatic heterocycles. The van der Waals surface area contributed by atoms with Gasteiger partial charge >= 0.3 is 5.97 Å². The second-order valence-corrected chi connectivity index (χ2v) is 3.76. The van der Waals surface area contributed by atoms with E-state index in [-0.39, 0.29) is 17.2 Å². The first-order valence-electron chi connectivity index (χ1n) is 5.00. The Morgan fingerprint density at radius 2 is 1.88 bits per heavy atom. The van der Waals surface area contributed by atoms with Gasteiger partial charge in [0.2, 0.25) is 0 Å². The molecule has 1 aromatic rings. The summed E-state index contributed by atoms with van der Waals surface area (Å²) < 4.78 is 10.2. The summed E-state index contributed by atoms with van der Waals surface area (Å²) in [5, 5.41) is 9.09. The molecule has 0 unspecified atom stereocenters. The number of carbonyl (C=O) groups is 1. The van der Waals surface area contributed by atoms with Crippen LogP contribution in [0.15, 0.2) is 12.1 Å². The van der Waals surface area contributed by atoms with Crippen molar-refractivity contribution in [2.24, 2.45) is 0 Å². The van der Waals surface area contributed by atoms with Crippen molar-refractivity contribution in [1.82, 2.24) is 0 Å². The van der Waals surface area contributed by atoms with Gasteiger partial charge in [-0.05, 0) is 23.6 Å². The molecule has 0 fully saturated rings. The average molecular weight is 224 g/mol. The van der Waals surface area contributed by atoms with Gasteiger partial charge in [0.15, 0.2) is 11.5 Å². The minimum Gasteiger partial charge on any atom is -0.493 e. The predicted molar refractivity (Wildman–Crippen MR) is 60.6 cm³/mol. The van der Waals surface area contributed by atoms with E-state index < -0.39 is 5.97 Å². The highest BCUT2D eigenvalue weighted by Crippen LogP contribution is 2.34. The molecule has 0 aromatic heterocycles. The summed E-state index contributed by atoms with van der Waals surface area (Å²) in [6.45, 7) is 3.99. The van der Waals surface area contributed by atoms with E-state index >= 15 is 0 Å². The Morgan fingerprint density at radius 1 is 1.25 bits per heavy atom. The minimum absolute atomic E-state index is 0.130. The van der Waals surface area contributed by atoms with E-state index in [0.717, 1.165) is 5.56 Å². The number of hydrogen-bond donors (Lipinski definition) is 1. The van der Waals surface area contributed by atoms with Gasteiger partial charge in [0.25, 0.3) is 0 Å². The highest BCUT2D eigenvalue weighted by Gasteiger charge is 2.18. The molecule has 0 amide bonds. The van der Waals surface area contributed by atoms with Crippen molar-refractivity contribution in [1.29, 1.82) is 0 Å². The third-order valence-corrected chi connectivity index (χ3v) is 2.40. The first kappa shape index (κ1) is 12.4. The Labute approximate surface area is 94.8 Å². The van der Waals surface area contributed by atoms with Crippen LogP contribution >= 0.6 is 0 Å². The molecule has 0 aliphatic carbocycles. The number of benzene rings is 1. The number of methoxy groups -OCH3 is 2. The average Bonchev–Trinajstić information content (AvgIpc) is 2.26. The summed E-state index contributed by atoms with van der Waals surface area (Å²) in [5.74, 6) is -0.0685. The summed E-state index contributed by atoms with van der Waals surface area (Å²) in [6, 6.07) is 3.42. The summed E-state index contributed by atoms with van der Waals surface area (Å²) in [5.41, 5.74) is 1.04. The lowest BCUT2D eigenvalue weighted by Gasteiger charge is -2.14. The summed E-state index contributed by atoms with van der Waals surface area (Å²) in [6.07, 6.45) is 0. The van der Waals surface area contributed by atoms with E-state index in [1.165, 1.54) is 14.2 Å². The van der Waals surface area contributed by atoms with Crippen molar-refractivity contribution in [3.63, 3.8) is 0 Å². The molecule has 0 saturated carbocycles. The second-order valence-electron chi connectivity index (χ2n) is 3.76. The van der Waals surface area contributed by atoms with E-state index in [0.29, 0.717) is 5.75 Å². The van der Waals surface area contributed by atoms with Gasteiger partial charge in [0.05, 0.1) is 14.2 Å². The van der Waals surface area contributed by atoms with Crippen LogP contribution in [0.3, 0.4) is 0 Å². The number of ether oxygens (including phenoxy) is 2. The minimum atomic E-state index is -1.02. The highest BCUT2D eigenvalue weighted by atomic mass is 16.5. The van der Waals surface area contributed by atoms with Crippen molar-refractivity contribution in [2.45, 2.75) is 19.8 Å². The molecule has 1 N–H and O–H groups in total. The molecule has 0 heterocycles. The van der Waals surface area contributed by atoms with Gasteiger partial charge < -0.3 is 14.6 Å². The van der Waals surface area contributed by atoms with Crippen LogP contribution in [0.4, 0.5) is 0 Å². The van der Waals surface area contributed by atoms with Gasteiger partial charge in [-0.25, -0.2) is 4.79 Å². The Hall–Kier alpha value is -1.71. The summed E-state index contributed by atoms with van der Waals surface area (Å²) in [4.78, 5) is 11.1. The zero-order valence-electron chi connectivity index (χ0n) is 9.90. The third-order valence-electron chi connectivity index (χ3n) is 2.40. The summed E-state index contributed by atoms with van der Waals surface area (Å²) in [7, 11) is 2.92. The van der Waals surface area contributed by atoms with Gasteiger partial charge in [-0.15, -0.1) is 0 Å². The Kier molecular flexibility index (Phi) is 3.77. The first-order valence-corrected chi connectivity index (χ1v) is 5.00. The molecule has 1 rings (SSSR count). The topological polar surface area (TPSA) is 55.8 Å². The smallest absolute Gasteiger partial charge is 0.339 e. The Balaban J connectivity index is 3.43. The molecule has 0 spiro atoms. The predicted octanol–water partition coefficient (Wildman–Crippen LogP) is 2.53. The zero-order chi connectivity index (χ0) is 12.3. The molecular weight excluding hydrogens is 208 g/mol. The van der Waals surface area contributed by atoms with Crippen molar-refractivity contribution in [3.05, 3.63) is 23.3 Å². The van der Waals surface area contributed by atoms with Crippen LogP contribution in [-0.2, 0) is 0 Å². The monoisotopic (exact) mass is 224 g/mol. The van der Waals surface area contributed by atoms with E-state index in [9.17, 15) is 4.79 Å². The lowest BCUT2D eigenvalue weighted by molar-refractivity contribution is 0.0692. The third kappa shape index (κ3) is 2.27. The van der Waals surface area contributed by atoms with E-state index in [2.05, 4.69) is 0 Å². The molecule has 4 nitrogen and oxygen atoms in total. The van der Waals surface area contributed by atoms with Crippen molar-refractivity contribution >= 4 is 5.97 Å². The fourth-order valence-corrected chi connectivity index (χ4v) is 1.48. The number of hydrogen-bond acceptors (Lipinski definition) is 3. The maximum atomic E-state index is 11.1. The largest absolute Gasteiger partial charge is 0.493 e. The molecule has 0 atom stereocenters. The van der Waals surface area contributed by atoms with Crippen LogP contribution in [-0.4, -0.2) is 25.3 Å². The number of aromatic carboxylic acids is 1. The molecule has 4 heteroatoms. The molecular formula is C12H16O4. The maximum absolute atomic E-state index is 11.1. The highest BCUT2D eigenvalue weighted by molar-refractivity contribution is 5.92. The molecule has 88 valence electrons. The maximum Gasteiger partial charge on any atom is 0.339 e. The first-order chi connectivity index (χ1) is 7.51. The van der Waals surface area contributed by atoms with Crippen LogP contribution in [0.1, 0.15) is 35.7 Å². The van der Waals surface area contributed by atoms with Crippen LogP contribution in [0, 0.1) is 0 Å². The standard InChI is InChI=1S/C12H16O4/c1-7(2)8-5-9(12(13)14)11(16-4)10(6-8)15-3/h5-7H,1-4H3,(H,13,14). The normalized spacial score (nSPS) is 10.3. The Morgan fingerprint density at radius 3 is 2.25 bits per heavy atom. The van der Waals surface area contributed by atoms with Gasteiger partial charge in [0, 0.05) is 0 Å². The lowest BCUT2D eigenvalue weighted by atomic mass is 9.99. The van der Waals surface area contributed by atoms with Gasteiger partial charge in [0.1, 0.15) is 5.56 Å². The van der Waals surface area contributed by atoms with Gasteiger partial charge in [-0.3, -0.25) is 0 Å². The van der Waals surface area contributed by atoms with E-state index in [1.807, 2.05) is 13.8 Å². The van der Waals surface area contributed by atoms with E-state index in [1.54, 1.807) is 12.1 Å². The lowest BCUT2D eigenvalue weighted by Crippen LogP contribution is -2.04. The van der Waals surface area contributed by atoms with Crippen molar-refractivity contribution < 1.29 is 19.4 Å². The molecule has 0 bridgehead atoms. The molecule has 0 saturated heterocycles. The second kappa shape index (κ2) is 4.88. The van der Waals surface area contributed by atoms with Crippen LogP contribution in [0.25, 0.3) is 0 Å². The fraction of sp³-hybridized carbons (Fsp3) is 0.417. The SMILES string of the molecule is COc1cc(C(C)C)cc(C(=O)O)c1OC. The molecule has 1 aromatic carbocycles. The Bertz CT molecular complexity index is 396. The fourth-order valence-electron chi connectivity index (χ4n) is 1.48. The number of rotatable bonds is 4. The molecule has 0 radical (unpaired) electrons. The van der Waals surface area contributed by atoms with Crippen LogP contribution in [0.5, 0.6) is 11.5 Å². The summed E-state index contributed by atoms with van der Waals surface area (Å²) >= 11 is 0. The van der Waals surface area contributed by atoms with E-state index in [4.69, 9.17) is 14.6 Å². The van der Waals surface area contributed by atoms with Crippen molar-refractivity contribution in [3.8, 4) is 11.5 Å². The van der Waals surface area contributed by atoms with Crippen molar-refractivity contribution in [2.75, 3.05) is 14.2 Å². The molecule has 16 heavy (non-hydrogen) atoms. The van der Waals surface area contributed by atoms with Crippen LogP contribution < -0.4 is 9.47 Å². The molecule has 0 aliphatic rings. The zero-order valence-corrected chi connectivity index (χ0v) is 9.90. The van der Waals surface area contributed by atoms with Gasteiger partial charge in [-0.1, -0.05) is 13.8 Å². The van der Waals surface area contributed by atoms with Gasteiger partial charge in [-0.2, -0.15) is 0 Å². The quantitative estimate of drug-likeness (QED) is 0.853. The van der Waals surface area contributed by atoms with Crippen LogP contribution in [0.2, 0.25) is 0 Å².